The van der Waals surface area contributed by atoms with E-state index in [1.54, 1.807) is 18.3 Å². The number of thioether (sulfide) groups is 1. The summed E-state index contributed by atoms with van der Waals surface area (Å²) in [5, 5.41) is 1.10. The van der Waals surface area contributed by atoms with Gasteiger partial charge in [0.25, 0.3) is 11.5 Å². The van der Waals surface area contributed by atoms with Gasteiger partial charge in [0.2, 0.25) is 0 Å². The van der Waals surface area contributed by atoms with E-state index in [4.69, 9.17) is 28.8 Å². The third kappa shape index (κ3) is 4.99. The van der Waals surface area contributed by atoms with Gasteiger partial charge in [-0.3, -0.25) is 18.9 Å². The van der Waals surface area contributed by atoms with Crippen molar-refractivity contribution in [1.29, 1.82) is 0 Å². The van der Waals surface area contributed by atoms with Gasteiger partial charge in [-0.15, -0.1) is 0 Å². The molecule has 0 spiro atoms. The molecule has 0 bridgehead atoms. The molecule has 1 aliphatic heterocycles. The highest BCUT2D eigenvalue weighted by Gasteiger charge is 2.33. The van der Waals surface area contributed by atoms with E-state index in [1.807, 2.05) is 68.4 Å². The van der Waals surface area contributed by atoms with Crippen molar-refractivity contribution >= 4 is 69.3 Å². The number of nitrogens with zero attached hydrogens (tertiary/aromatic N) is 3. The predicted molar refractivity (Wildman–Crippen MR) is 152 cm³/mol. The van der Waals surface area contributed by atoms with Gasteiger partial charge in [-0.2, -0.15) is 0 Å². The van der Waals surface area contributed by atoms with Crippen LogP contribution in [0, 0.1) is 13.8 Å². The SMILES string of the molecule is Cc1ccc(Sc2nc3ccc(C)cn3c(=O)c2/C=C2/SC(=S)N(Cc3ccccc3Cl)C2=O)cc1. The van der Waals surface area contributed by atoms with Gasteiger partial charge in [0.1, 0.15) is 15.0 Å². The minimum absolute atomic E-state index is 0.241. The molecule has 0 radical (unpaired) electrons. The van der Waals surface area contributed by atoms with Crippen LogP contribution in [0.2, 0.25) is 5.02 Å². The molecule has 4 aromatic rings. The van der Waals surface area contributed by atoms with Gasteiger partial charge in [0.05, 0.1) is 17.0 Å². The molecule has 1 amide bonds. The van der Waals surface area contributed by atoms with Gasteiger partial charge in [-0.1, -0.05) is 89.3 Å². The molecule has 0 atom stereocenters. The lowest BCUT2D eigenvalue weighted by atomic mass is 10.2. The number of hydrogen-bond donors (Lipinski definition) is 0. The number of pyridine rings is 1. The van der Waals surface area contributed by atoms with Gasteiger partial charge >= 0.3 is 0 Å². The highest BCUT2D eigenvalue weighted by atomic mass is 35.5. The Hall–Kier alpha value is -2.91. The number of fused-ring (bicyclic) bond motifs is 1. The summed E-state index contributed by atoms with van der Waals surface area (Å²) in [6.07, 6.45) is 3.37. The van der Waals surface area contributed by atoms with Crippen molar-refractivity contribution in [3.05, 3.63) is 109 Å². The summed E-state index contributed by atoms with van der Waals surface area (Å²) < 4.78 is 1.94. The molecule has 180 valence electrons. The van der Waals surface area contributed by atoms with Crippen LogP contribution >= 0.6 is 47.3 Å². The molecule has 2 aromatic heterocycles. The summed E-state index contributed by atoms with van der Waals surface area (Å²) in [5.74, 6) is -0.259. The van der Waals surface area contributed by atoms with E-state index in [0.717, 1.165) is 21.6 Å². The van der Waals surface area contributed by atoms with Gasteiger partial charge < -0.3 is 0 Å². The fourth-order valence-corrected chi connectivity index (χ4v) is 6.05. The van der Waals surface area contributed by atoms with E-state index in [9.17, 15) is 9.59 Å². The van der Waals surface area contributed by atoms with Crippen LogP contribution < -0.4 is 5.56 Å². The summed E-state index contributed by atoms with van der Waals surface area (Å²) in [7, 11) is 0. The van der Waals surface area contributed by atoms with Crippen molar-refractivity contribution in [1.82, 2.24) is 14.3 Å². The topological polar surface area (TPSA) is 54.7 Å². The van der Waals surface area contributed by atoms with Crippen molar-refractivity contribution in [3.63, 3.8) is 0 Å². The molecular weight excluding hydrogens is 530 g/mol. The van der Waals surface area contributed by atoms with Crippen LogP contribution in [0.3, 0.4) is 0 Å². The van der Waals surface area contributed by atoms with E-state index < -0.39 is 0 Å². The number of hydrogen-bond acceptors (Lipinski definition) is 6. The zero-order valence-electron chi connectivity index (χ0n) is 19.4. The van der Waals surface area contributed by atoms with Crippen LogP contribution in [0.5, 0.6) is 0 Å². The van der Waals surface area contributed by atoms with E-state index >= 15 is 0 Å². The lowest BCUT2D eigenvalue weighted by Crippen LogP contribution is -2.27. The van der Waals surface area contributed by atoms with Crippen molar-refractivity contribution in [2.75, 3.05) is 0 Å². The minimum Gasteiger partial charge on any atom is -0.288 e. The minimum atomic E-state index is -0.259. The standard InChI is InChI=1S/C27H20ClN3O2S3/c1-16-7-10-19(11-8-16)35-24-20(25(32)30-14-17(2)9-12-23(30)29-24)13-22-26(33)31(27(34)36-22)15-18-5-3-4-6-21(18)28/h3-14H,15H2,1-2H3/b22-13+. The van der Waals surface area contributed by atoms with Crippen LogP contribution in [0.1, 0.15) is 22.3 Å². The zero-order valence-corrected chi connectivity index (χ0v) is 22.6. The Morgan fingerprint density at radius 1 is 1.03 bits per heavy atom. The van der Waals surface area contributed by atoms with Crippen molar-refractivity contribution < 1.29 is 4.79 Å². The molecule has 3 heterocycles. The van der Waals surface area contributed by atoms with Crippen molar-refractivity contribution in [2.24, 2.45) is 0 Å². The number of rotatable bonds is 5. The Bertz CT molecular complexity index is 1610. The number of thiocarbonyl (C=S) groups is 1. The molecule has 1 aliphatic rings. The Morgan fingerprint density at radius 2 is 1.75 bits per heavy atom. The average Bonchev–Trinajstić information content (AvgIpc) is 3.12. The number of halogens is 1. The normalized spacial score (nSPS) is 14.9. The number of carbonyl (C=O) groups is 1. The molecule has 9 heteroatoms. The summed E-state index contributed by atoms with van der Waals surface area (Å²) in [6, 6.07) is 19.1. The van der Waals surface area contributed by atoms with E-state index in [-0.39, 0.29) is 18.0 Å². The van der Waals surface area contributed by atoms with Crippen LogP contribution in [0.25, 0.3) is 11.7 Å². The number of aromatic nitrogens is 2. The Morgan fingerprint density at radius 3 is 2.50 bits per heavy atom. The quantitative estimate of drug-likeness (QED) is 0.160. The molecule has 0 N–H and O–H groups in total. The second kappa shape index (κ2) is 10.2. The third-order valence-corrected chi connectivity index (χ3v) is 8.40. The first-order valence-electron chi connectivity index (χ1n) is 11.1. The molecular formula is C27H20ClN3O2S3. The van der Waals surface area contributed by atoms with Crippen molar-refractivity contribution in [2.45, 2.75) is 30.3 Å². The first kappa shape index (κ1) is 24.8. The van der Waals surface area contributed by atoms with Gasteiger partial charge in [0.15, 0.2) is 0 Å². The van der Waals surface area contributed by atoms with Gasteiger partial charge in [-0.05, 0) is 55.3 Å². The van der Waals surface area contributed by atoms with Gasteiger partial charge in [-0.25, -0.2) is 4.98 Å². The second-order valence-corrected chi connectivity index (χ2v) is 11.5. The maximum Gasteiger partial charge on any atom is 0.266 e. The number of amides is 1. The monoisotopic (exact) mass is 549 g/mol. The predicted octanol–water partition coefficient (Wildman–Crippen LogP) is 6.52. The fraction of sp³-hybridized carbons (Fsp3) is 0.111. The Kier molecular flexibility index (Phi) is 7.03. The molecule has 5 nitrogen and oxygen atoms in total. The Labute approximate surface area is 227 Å². The molecule has 0 saturated carbocycles. The zero-order chi connectivity index (χ0) is 25.4. The second-order valence-electron chi connectivity index (χ2n) is 8.34. The van der Waals surface area contributed by atoms with Crippen LogP contribution in [0.4, 0.5) is 0 Å². The number of aryl methyl sites for hydroxylation is 2. The Balaban J connectivity index is 1.58. The summed E-state index contributed by atoms with van der Waals surface area (Å²) >= 11 is 14.4. The van der Waals surface area contributed by atoms with Crippen LogP contribution in [-0.4, -0.2) is 24.5 Å². The van der Waals surface area contributed by atoms with E-state index in [0.29, 0.717) is 30.5 Å². The van der Waals surface area contributed by atoms with E-state index in [2.05, 4.69) is 0 Å². The number of carbonyl (C=O) groups excluding carboxylic acids is 1. The highest BCUT2D eigenvalue weighted by Crippen LogP contribution is 2.36. The summed E-state index contributed by atoms with van der Waals surface area (Å²) in [6.45, 7) is 4.20. The lowest BCUT2D eigenvalue weighted by Gasteiger charge is -2.15. The smallest absolute Gasteiger partial charge is 0.266 e. The maximum absolute atomic E-state index is 13.6. The largest absolute Gasteiger partial charge is 0.288 e. The summed E-state index contributed by atoms with van der Waals surface area (Å²) in [4.78, 5) is 34.6. The van der Waals surface area contributed by atoms with Crippen LogP contribution in [-0.2, 0) is 11.3 Å². The third-order valence-electron chi connectivity index (χ3n) is 5.64. The summed E-state index contributed by atoms with van der Waals surface area (Å²) in [5.41, 5.74) is 3.53. The lowest BCUT2D eigenvalue weighted by molar-refractivity contribution is -0.122. The molecule has 0 aliphatic carbocycles. The van der Waals surface area contributed by atoms with Crippen LogP contribution in [0.15, 0.2) is 86.5 Å². The molecule has 0 unspecified atom stereocenters. The molecule has 36 heavy (non-hydrogen) atoms. The molecule has 1 saturated heterocycles. The van der Waals surface area contributed by atoms with Gasteiger partial charge in [0, 0.05) is 16.1 Å². The molecule has 2 aromatic carbocycles. The first-order chi connectivity index (χ1) is 17.3. The first-order valence-corrected chi connectivity index (χ1v) is 13.5. The highest BCUT2D eigenvalue weighted by molar-refractivity contribution is 8.26. The maximum atomic E-state index is 13.6. The van der Waals surface area contributed by atoms with E-state index in [1.165, 1.54) is 32.8 Å². The molecule has 5 rings (SSSR count). The number of benzene rings is 2. The fourth-order valence-electron chi connectivity index (χ4n) is 3.72. The molecule has 1 fully saturated rings. The average molecular weight is 550 g/mol. The van der Waals surface area contributed by atoms with Crippen molar-refractivity contribution in [3.8, 4) is 0 Å².